The lowest BCUT2D eigenvalue weighted by molar-refractivity contribution is 0.0683. The molecule has 0 aliphatic carbocycles. The average molecular weight is 293 g/mol. The lowest BCUT2D eigenvalue weighted by atomic mass is 10.1. The number of carboxylic acid groups (broad SMARTS) is 1. The highest BCUT2D eigenvalue weighted by atomic mass is 79.9. The summed E-state index contributed by atoms with van der Waals surface area (Å²) in [7, 11) is 0. The van der Waals surface area contributed by atoms with E-state index in [0.717, 1.165) is 10.0 Å². The molecule has 0 unspecified atom stereocenters. The van der Waals surface area contributed by atoms with E-state index >= 15 is 0 Å². The van der Waals surface area contributed by atoms with E-state index in [0.29, 0.717) is 11.4 Å². The summed E-state index contributed by atoms with van der Waals surface area (Å²) in [6, 6.07) is 9.27. The molecule has 86 valence electrons. The first-order valence-electron chi connectivity index (χ1n) is 4.91. The number of aryl methyl sites for hydroxylation is 1. The largest absolute Gasteiger partial charge is 0.475 e. The number of hydrogen-bond donors (Lipinski definition) is 1. The van der Waals surface area contributed by atoms with E-state index in [1.54, 1.807) is 13.0 Å². The molecule has 0 saturated heterocycles. The molecule has 0 aliphatic rings. The smallest absolute Gasteiger partial charge is 0.373 e. The minimum absolute atomic E-state index is 0.178. The molecule has 1 N–H and O–H groups in total. The zero-order chi connectivity index (χ0) is 12.4. The van der Waals surface area contributed by atoms with Gasteiger partial charge in [0.25, 0.3) is 0 Å². The van der Waals surface area contributed by atoms with Gasteiger partial charge in [-0.2, -0.15) is 0 Å². The Morgan fingerprint density at radius 1 is 1.24 bits per heavy atom. The summed E-state index contributed by atoms with van der Waals surface area (Å²) in [6.07, 6.45) is 0. The standard InChI is InChI=1S/C12H9BrN2O2/c1-7-6-10(15-11(14-7)12(16)17)8-2-4-9(13)5-3-8/h2-6H,1H3,(H,16,17). The maximum absolute atomic E-state index is 10.9. The van der Waals surface area contributed by atoms with Crippen LogP contribution in [-0.2, 0) is 0 Å². The van der Waals surface area contributed by atoms with E-state index in [4.69, 9.17) is 5.11 Å². The van der Waals surface area contributed by atoms with Gasteiger partial charge in [-0.25, -0.2) is 14.8 Å². The number of rotatable bonds is 2. The van der Waals surface area contributed by atoms with Crippen molar-refractivity contribution >= 4 is 21.9 Å². The van der Waals surface area contributed by atoms with Crippen LogP contribution in [0.3, 0.4) is 0 Å². The predicted molar refractivity (Wildman–Crippen MR) is 66.9 cm³/mol. The molecular weight excluding hydrogens is 284 g/mol. The van der Waals surface area contributed by atoms with Crippen molar-refractivity contribution in [2.24, 2.45) is 0 Å². The van der Waals surface area contributed by atoms with Gasteiger partial charge in [0.15, 0.2) is 0 Å². The zero-order valence-corrected chi connectivity index (χ0v) is 10.6. The molecule has 0 fully saturated rings. The second-order valence-corrected chi connectivity index (χ2v) is 4.45. The Morgan fingerprint density at radius 3 is 2.47 bits per heavy atom. The van der Waals surface area contributed by atoms with Crippen molar-refractivity contribution in [1.29, 1.82) is 0 Å². The van der Waals surface area contributed by atoms with E-state index in [1.807, 2.05) is 24.3 Å². The van der Waals surface area contributed by atoms with E-state index in [9.17, 15) is 4.79 Å². The van der Waals surface area contributed by atoms with E-state index in [-0.39, 0.29) is 5.82 Å². The zero-order valence-electron chi connectivity index (χ0n) is 9.01. The van der Waals surface area contributed by atoms with Crippen molar-refractivity contribution in [2.45, 2.75) is 6.92 Å². The first-order valence-corrected chi connectivity index (χ1v) is 5.70. The topological polar surface area (TPSA) is 63.1 Å². The number of nitrogens with zero attached hydrogens (tertiary/aromatic N) is 2. The monoisotopic (exact) mass is 292 g/mol. The van der Waals surface area contributed by atoms with Gasteiger partial charge >= 0.3 is 5.97 Å². The molecule has 17 heavy (non-hydrogen) atoms. The number of carboxylic acids is 1. The van der Waals surface area contributed by atoms with Gasteiger partial charge in [-0.1, -0.05) is 28.1 Å². The molecule has 2 aromatic rings. The highest BCUT2D eigenvalue weighted by molar-refractivity contribution is 9.10. The molecule has 0 spiro atoms. The van der Waals surface area contributed by atoms with Gasteiger partial charge in [0, 0.05) is 15.7 Å². The highest BCUT2D eigenvalue weighted by Gasteiger charge is 2.10. The summed E-state index contributed by atoms with van der Waals surface area (Å²) in [6.45, 7) is 1.75. The minimum atomic E-state index is -1.12. The third-order valence-electron chi connectivity index (χ3n) is 2.19. The average Bonchev–Trinajstić information content (AvgIpc) is 2.29. The van der Waals surface area contributed by atoms with Crippen LogP contribution in [0.15, 0.2) is 34.8 Å². The summed E-state index contributed by atoms with van der Waals surface area (Å²) in [4.78, 5) is 18.7. The molecule has 2 rings (SSSR count). The molecule has 0 radical (unpaired) electrons. The quantitative estimate of drug-likeness (QED) is 0.924. The Balaban J connectivity index is 2.51. The lowest BCUT2D eigenvalue weighted by Gasteiger charge is -2.03. The van der Waals surface area contributed by atoms with Crippen LogP contribution < -0.4 is 0 Å². The number of aromatic nitrogens is 2. The molecule has 1 heterocycles. The fraction of sp³-hybridized carbons (Fsp3) is 0.0833. The molecule has 0 saturated carbocycles. The fourth-order valence-corrected chi connectivity index (χ4v) is 1.70. The van der Waals surface area contributed by atoms with Crippen molar-refractivity contribution in [1.82, 2.24) is 9.97 Å². The Morgan fingerprint density at radius 2 is 1.88 bits per heavy atom. The predicted octanol–water partition coefficient (Wildman–Crippen LogP) is 2.91. The molecular formula is C12H9BrN2O2. The number of aromatic carboxylic acids is 1. The maximum Gasteiger partial charge on any atom is 0.373 e. The van der Waals surface area contributed by atoms with Crippen LogP contribution in [-0.4, -0.2) is 21.0 Å². The van der Waals surface area contributed by atoms with Crippen LogP contribution in [0.25, 0.3) is 11.3 Å². The second kappa shape index (κ2) is 4.63. The van der Waals surface area contributed by atoms with Gasteiger partial charge in [0.2, 0.25) is 5.82 Å². The van der Waals surface area contributed by atoms with E-state index < -0.39 is 5.97 Å². The third kappa shape index (κ3) is 2.68. The third-order valence-corrected chi connectivity index (χ3v) is 2.71. The van der Waals surface area contributed by atoms with Crippen molar-refractivity contribution in [3.05, 3.63) is 46.3 Å². The Bertz CT molecular complexity index is 567. The first-order chi connectivity index (χ1) is 8.06. The molecule has 4 nitrogen and oxygen atoms in total. The van der Waals surface area contributed by atoms with Crippen molar-refractivity contribution < 1.29 is 9.90 Å². The molecule has 1 aromatic carbocycles. The Hall–Kier alpha value is -1.75. The maximum atomic E-state index is 10.9. The van der Waals surface area contributed by atoms with E-state index in [2.05, 4.69) is 25.9 Å². The Kier molecular flexibility index (Phi) is 3.19. The summed E-state index contributed by atoms with van der Waals surface area (Å²) in [5.74, 6) is -1.30. The van der Waals surface area contributed by atoms with Gasteiger partial charge in [0.05, 0.1) is 5.69 Å². The molecule has 0 bridgehead atoms. The number of hydrogen-bond acceptors (Lipinski definition) is 3. The first kappa shape index (κ1) is 11.7. The minimum Gasteiger partial charge on any atom is -0.475 e. The van der Waals surface area contributed by atoms with Gasteiger partial charge in [-0.15, -0.1) is 0 Å². The summed E-state index contributed by atoms with van der Waals surface area (Å²) in [5.41, 5.74) is 2.11. The van der Waals surface area contributed by atoms with Gasteiger partial charge in [0.1, 0.15) is 0 Å². The van der Waals surface area contributed by atoms with Crippen molar-refractivity contribution in [3.8, 4) is 11.3 Å². The van der Waals surface area contributed by atoms with Crippen LogP contribution in [0.4, 0.5) is 0 Å². The second-order valence-electron chi connectivity index (χ2n) is 3.53. The summed E-state index contributed by atoms with van der Waals surface area (Å²) < 4.78 is 0.963. The molecule has 5 heteroatoms. The normalized spacial score (nSPS) is 10.2. The molecule has 0 aliphatic heterocycles. The lowest BCUT2D eigenvalue weighted by Crippen LogP contribution is -2.06. The highest BCUT2D eigenvalue weighted by Crippen LogP contribution is 2.20. The van der Waals surface area contributed by atoms with Gasteiger partial charge < -0.3 is 5.11 Å². The number of benzene rings is 1. The van der Waals surface area contributed by atoms with Crippen molar-refractivity contribution in [2.75, 3.05) is 0 Å². The molecule has 0 amide bonds. The number of halogens is 1. The van der Waals surface area contributed by atoms with Gasteiger partial charge in [-0.05, 0) is 25.1 Å². The fourth-order valence-electron chi connectivity index (χ4n) is 1.43. The van der Waals surface area contributed by atoms with Crippen LogP contribution in [0.2, 0.25) is 0 Å². The Labute approximate surface area is 106 Å². The summed E-state index contributed by atoms with van der Waals surface area (Å²) in [5, 5.41) is 8.89. The molecule has 1 aromatic heterocycles. The van der Waals surface area contributed by atoms with Crippen LogP contribution in [0.5, 0.6) is 0 Å². The SMILES string of the molecule is Cc1cc(-c2ccc(Br)cc2)nc(C(=O)O)n1. The van der Waals surface area contributed by atoms with E-state index in [1.165, 1.54) is 0 Å². The number of carbonyl (C=O) groups is 1. The van der Waals surface area contributed by atoms with Crippen LogP contribution >= 0.6 is 15.9 Å². The van der Waals surface area contributed by atoms with Gasteiger partial charge in [-0.3, -0.25) is 0 Å². The van der Waals surface area contributed by atoms with Crippen LogP contribution in [0, 0.1) is 6.92 Å². The summed E-state index contributed by atoms with van der Waals surface area (Å²) >= 11 is 3.34. The molecule has 0 atom stereocenters. The van der Waals surface area contributed by atoms with Crippen molar-refractivity contribution in [3.63, 3.8) is 0 Å². The van der Waals surface area contributed by atoms with Crippen LogP contribution in [0.1, 0.15) is 16.3 Å².